The number of halogens is 1. The molecular formula is C16H19FN4O. The van der Waals surface area contributed by atoms with Gasteiger partial charge in [-0.25, -0.2) is 4.39 Å². The molecule has 2 N–H and O–H groups in total. The third-order valence-electron chi connectivity index (χ3n) is 3.00. The topological polar surface area (TPSA) is 66.9 Å². The molecular weight excluding hydrogens is 283 g/mol. The van der Waals surface area contributed by atoms with Gasteiger partial charge in [0.2, 0.25) is 0 Å². The lowest BCUT2D eigenvalue weighted by atomic mass is 10.1. The Bertz CT molecular complexity index is 628. The van der Waals surface area contributed by atoms with Gasteiger partial charge in [0.25, 0.3) is 5.91 Å². The minimum absolute atomic E-state index is 0.245. The van der Waals surface area contributed by atoms with Crippen molar-refractivity contribution in [3.8, 4) is 0 Å². The number of anilines is 2. The van der Waals surface area contributed by atoms with Crippen LogP contribution in [-0.2, 0) is 0 Å². The molecule has 1 heterocycles. The summed E-state index contributed by atoms with van der Waals surface area (Å²) in [6.07, 6.45) is 0.915. The molecule has 0 aliphatic carbocycles. The number of rotatable bonds is 6. The molecule has 0 saturated carbocycles. The van der Waals surface area contributed by atoms with Crippen molar-refractivity contribution in [2.24, 2.45) is 5.92 Å². The Morgan fingerprint density at radius 3 is 2.68 bits per heavy atom. The van der Waals surface area contributed by atoms with Gasteiger partial charge in [-0.1, -0.05) is 19.9 Å². The van der Waals surface area contributed by atoms with Gasteiger partial charge in [-0.2, -0.15) is 0 Å². The predicted octanol–water partition coefficient (Wildman–Crippen LogP) is 3.14. The van der Waals surface area contributed by atoms with Crippen molar-refractivity contribution >= 4 is 17.4 Å². The van der Waals surface area contributed by atoms with E-state index in [1.54, 1.807) is 24.3 Å². The van der Waals surface area contributed by atoms with Gasteiger partial charge >= 0.3 is 0 Å². The molecule has 6 heteroatoms. The molecule has 0 fully saturated rings. The highest BCUT2D eigenvalue weighted by Crippen LogP contribution is 2.14. The molecule has 0 bridgehead atoms. The molecule has 1 amide bonds. The lowest BCUT2D eigenvalue weighted by molar-refractivity contribution is 0.0946. The molecule has 0 saturated heterocycles. The number of hydrogen-bond donors (Lipinski definition) is 2. The highest BCUT2D eigenvalue weighted by atomic mass is 19.1. The fraction of sp³-hybridized carbons (Fsp3) is 0.312. The van der Waals surface area contributed by atoms with Crippen molar-refractivity contribution in [3.63, 3.8) is 0 Å². The summed E-state index contributed by atoms with van der Waals surface area (Å²) in [5, 5.41) is 13.5. The van der Waals surface area contributed by atoms with E-state index in [1.165, 1.54) is 12.1 Å². The van der Waals surface area contributed by atoms with Gasteiger partial charge in [-0.15, -0.1) is 10.2 Å². The van der Waals surface area contributed by atoms with Crippen LogP contribution in [0.5, 0.6) is 0 Å². The molecule has 22 heavy (non-hydrogen) atoms. The number of nitrogens with one attached hydrogen (secondary N) is 2. The van der Waals surface area contributed by atoms with Crippen molar-refractivity contribution in [2.75, 3.05) is 11.9 Å². The van der Waals surface area contributed by atoms with Crippen LogP contribution in [0.15, 0.2) is 36.4 Å². The van der Waals surface area contributed by atoms with Crippen LogP contribution in [0.4, 0.5) is 15.9 Å². The average molecular weight is 302 g/mol. The van der Waals surface area contributed by atoms with Crippen LogP contribution >= 0.6 is 0 Å². The Balaban J connectivity index is 1.93. The highest BCUT2D eigenvalue weighted by molar-refractivity contribution is 5.92. The van der Waals surface area contributed by atoms with E-state index in [0.717, 1.165) is 6.42 Å². The number of nitrogens with zero attached hydrogens (tertiary/aromatic N) is 2. The monoisotopic (exact) mass is 302 g/mol. The molecule has 2 rings (SSSR count). The van der Waals surface area contributed by atoms with Crippen LogP contribution in [0.25, 0.3) is 0 Å². The lowest BCUT2D eigenvalue weighted by Crippen LogP contribution is -2.26. The van der Waals surface area contributed by atoms with Crippen molar-refractivity contribution in [2.45, 2.75) is 20.3 Å². The van der Waals surface area contributed by atoms with E-state index in [9.17, 15) is 9.18 Å². The van der Waals surface area contributed by atoms with Crippen LogP contribution in [0.3, 0.4) is 0 Å². The predicted molar refractivity (Wildman–Crippen MR) is 83.5 cm³/mol. The Hall–Kier alpha value is -2.50. The van der Waals surface area contributed by atoms with Gasteiger partial charge in [0.15, 0.2) is 11.5 Å². The normalized spacial score (nSPS) is 10.5. The quantitative estimate of drug-likeness (QED) is 0.860. The number of aromatic nitrogens is 2. The summed E-state index contributed by atoms with van der Waals surface area (Å²) in [6, 6.07) is 9.25. The van der Waals surface area contributed by atoms with Crippen LogP contribution in [0.2, 0.25) is 0 Å². The Morgan fingerprint density at radius 2 is 2.05 bits per heavy atom. The molecule has 0 unspecified atom stereocenters. The minimum atomic E-state index is -0.334. The smallest absolute Gasteiger partial charge is 0.271 e. The summed E-state index contributed by atoms with van der Waals surface area (Å²) < 4.78 is 13.1. The maximum absolute atomic E-state index is 13.1. The fourth-order valence-electron chi connectivity index (χ4n) is 1.80. The van der Waals surface area contributed by atoms with Gasteiger partial charge in [0.05, 0.1) is 0 Å². The number of benzene rings is 1. The average Bonchev–Trinajstić information content (AvgIpc) is 2.47. The second kappa shape index (κ2) is 7.49. The zero-order chi connectivity index (χ0) is 15.9. The van der Waals surface area contributed by atoms with Crippen molar-refractivity contribution in [1.29, 1.82) is 0 Å². The summed E-state index contributed by atoms with van der Waals surface area (Å²) >= 11 is 0. The molecule has 0 spiro atoms. The molecule has 0 radical (unpaired) electrons. The van der Waals surface area contributed by atoms with Crippen molar-refractivity contribution in [1.82, 2.24) is 15.5 Å². The van der Waals surface area contributed by atoms with E-state index in [2.05, 4.69) is 34.7 Å². The van der Waals surface area contributed by atoms with Gasteiger partial charge in [-0.3, -0.25) is 4.79 Å². The number of carbonyl (C=O) groups is 1. The highest BCUT2D eigenvalue weighted by Gasteiger charge is 2.08. The number of hydrogen-bond acceptors (Lipinski definition) is 4. The molecule has 2 aromatic rings. The number of carbonyl (C=O) groups excluding carboxylic acids is 1. The SMILES string of the molecule is CC(C)CCNC(=O)c1ccc(Nc2cccc(F)c2)nn1. The zero-order valence-corrected chi connectivity index (χ0v) is 12.6. The number of amides is 1. The molecule has 0 aliphatic heterocycles. The standard InChI is InChI=1S/C16H19FN4O/c1-11(2)8-9-18-16(22)14-6-7-15(21-20-14)19-13-5-3-4-12(17)10-13/h3-7,10-11H,8-9H2,1-2H3,(H,18,22)(H,19,21). The Morgan fingerprint density at radius 1 is 1.23 bits per heavy atom. The first-order chi connectivity index (χ1) is 10.5. The third-order valence-corrected chi connectivity index (χ3v) is 3.00. The third kappa shape index (κ3) is 4.80. The van der Waals surface area contributed by atoms with Crippen LogP contribution in [-0.4, -0.2) is 22.6 Å². The van der Waals surface area contributed by atoms with Crippen LogP contribution in [0, 0.1) is 11.7 Å². The summed E-state index contributed by atoms with van der Waals surface area (Å²) in [7, 11) is 0. The second-order valence-electron chi connectivity index (χ2n) is 5.38. The summed E-state index contributed by atoms with van der Waals surface area (Å²) in [5.74, 6) is 0.401. The molecule has 1 aromatic carbocycles. The van der Waals surface area contributed by atoms with E-state index in [-0.39, 0.29) is 17.4 Å². The minimum Gasteiger partial charge on any atom is -0.351 e. The Labute approximate surface area is 129 Å². The summed E-state index contributed by atoms with van der Waals surface area (Å²) in [4.78, 5) is 11.9. The lowest BCUT2D eigenvalue weighted by Gasteiger charge is -2.07. The second-order valence-corrected chi connectivity index (χ2v) is 5.38. The first-order valence-corrected chi connectivity index (χ1v) is 7.19. The largest absolute Gasteiger partial charge is 0.351 e. The molecule has 116 valence electrons. The van der Waals surface area contributed by atoms with E-state index in [1.807, 2.05) is 0 Å². The van der Waals surface area contributed by atoms with Crippen LogP contribution in [0.1, 0.15) is 30.8 Å². The zero-order valence-electron chi connectivity index (χ0n) is 12.6. The van der Waals surface area contributed by atoms with Gasteiger partial charge in [0.1, 0.15) is 5.82 Å². The molecule has 1 aromatic heterocycles. The van der Waals surface area contributed by atoms with Crippen molar-refractivity contribution in [3.05, 3.63) is 47.9 Å². The Kier molecular flexibility index (Phi) is 5.41. The van der Waals surface area contributed by atoms with Crippen LogP contribution < -0.4 is 10.6 Å². The maximum Gasteiger partial charge on any atom is 0.271 e. The maximum atomic E-state index is 13.1. The summed E-state index contributed by atoms with van der Waals surface area (Å²) in [5.41, 5.74) is 0.831. The molecule has 0 aliphatic rings. The fourth-order valence-corrected chi connectivity index (χ4v) is 1.80. The first-order valence-electron chi connectivity index (χ1n) is 7.19. The first kappa shape index (κ1) is 15.9. The van der Waals surface area contributed by atoms with E-state index in [4.69, 9.17) is 0 Å². The van der Waals surface area contributed by atoms with Gasteiger partial charge in [0, 0.05) is 12.2 Å². The van der Waals surface area contributed by atoms with E-state index < -0.39 is 0 Å². The van der Waals surface area contributed by atoms with E-state index >= 15 is 0 Å². The molecule has 0 atom stereocenters. The van der Waals surface area contributed by atoms with Gasteiger partial charge in [-0.05, 0) is 42.7 Å². The van der Waals surface area contributed by atoms with E-state index in [0.29, 0.717) is 24.0 Å². The van der Waals surface area contributed by atoms with Gasteiger partial charge < -0.3 is 10.6 Å². The van der Waals surface area contributed by atoms with Crippen molar-refractivity contribution < 1.29 is 9.18 Å². The molecule has 5 nitrogen and oxygen atoms in total. The summed E-state index contributed by atoms with van der Waals surface area (Å²) in [6.45, 7) is 4.80.